The Morgan fingerprint density at radius 3 is 2.64 bits per heavy atom. The van der Waals surface area contributed by atoms with Crippen molar-refractivity contribution in [3.63, 3.8) is 0 Å². The number of benzene rings is 2. The summed E-state index contributed by atoms with van der Waals surface area (Å²) in [6.07, 6.45) is 0.895. The van der Waals surface area contributed by atoms with Crippen molar-refractivity contribution >= 4 is 22.7 Å². The van der Waals surface area contributed by atoms with E-state index in [0.717, 1.165) is 27.7 Å². The minimum atomic E-state index is -0.602. The van der Waals surface area contributed by atoms with E-state index in [0.29, 0.717) is 30.9 Å². The van der Waals surface area contributed by atoms with Crippen LogP contribution in [0, 0.1) is 0 Å². The maximum atomic E-state index is 13.5. The van der Waals surface area contributed by atoms with Crippen LogP contribution in [0.15, 0.2) is 42.5 Å². The highest BCUT2D eigenvalue weighted by Crippen LogP contribution is 2.44. The first-order valence-corrected chi connectivity index (χ1v) is 11.1. The summed E-state index contributed by atoms with van der Waals surface area (Å²) in [5, 5.41) is 10.3. The Bertz CT molecular complexity index is 1220. The van der Waals surface area contributed by atoms with Gasteiger partial charge in [-0.2, -0.15) is 0 Å². The summed E-state index contributed by atoms with van der Waals surface area (Å²) in [6.45, 7) is 0.356. The lowest BCUT2D eigenvalue weighted by Gasteiger charge is -2.47. The van der Waals surface area contributed by atoms with Crippen LogP contribution < -0.4 is 9.47 Å². The van der Waals surface area contributed by atoms with Crippen molar-refractivity contribution in [2.24, 2.45) is 0 Å². The first-order chi connectivity index (χ1) is 16.1. The van der Waals surface area contributed by atoms with Crippen LogP contribution in [0.5, 0.6) is 11.5 Å². The molecular formula is C25H27N3O5. The van der Waals surface area contributed by atoms with Crippen molar-refractivity contribution in [1.82, 2.24) is 14.8 Å². The Kier molecular flexibility index (Phi) is 5.46. The number of H-pyrrole nitrogens is 1. The molecule has 2 aromatic carbocycles. The maximum absolute atomic E-state index is 13.5. The van der Waals surface area contributed by atoms with Gasteiger partial charge in [0, 0.05) is 36.2 Å². The standard InChI is InChI=1S/C25H27N3O5/c1-32-20-9-8-15(12-21(20)33-2)24-23-17(16-6-3-4-7-18(16)26-23)13-19-25(31)27(10-5-11-29)14-22(30)28(19)24/h3-4,6-9,12,19,24,26,29H,5,10-11,13-14H2,1-2H3/t19-,24?/m1/s1. The van der Waals surface area contributed by atoms with Crippen molar-refractivity contribution in [1.29, 1.82) is 0 Å². The lowest BCUT2D eigenvalue weighted by atomic mass is 9.86. The molecule has 2 aliphatic rings. The number of aliphatic hydroxyl groups is 1. The average molecular weight is 450 g/mol. The number of amides is 2. The summed E-state index contributed by atoms with van der Waals surface area (Å²) in [5.74, 6) is 0.975. The van der Waals surface area contributed by atoms with Crippen molar-refractivity contribution in [2.45, 2.75) is 24.9 Å². The van der Waals surface area contributed by atoms with Crippen molar-refractivity contribution in [3.05, 3.63) is 59.3 Å². The van der Waals surface area contributed by atoms with E-state index in [1.54, 1.807) is 24.0 Å². The average Bonchev–Trinajstić information content (AvgIpc) is 3.22. The Balaban J connectivity index is 1.67. The molecule has 8 nitrogen and oxygen atoms in total. The van der Waals surface area contributed by atoms with Gasteiger partial charge in [-0.25, -0.2) is 0 Å². The second-order valence-electron chi connectivity index (χ2n) is 8.44. The number of aliphatic hydroxyl groups excluding tert-OH is 1. The second kappa shape index (κ2) is 8.44. The summed E-state index contributed by atoms with van der Waals surface area (Å²) >= 11 is 0. The number of para-hydroxylation sites is 1. The Morgan fingerprint density at radius 1 is 1.09 bits per heavy atom. The summed E-state index contributed by atoms with van der Waals surface area (Å²) in [6, 6.07) is 12.6. The molecule has 1 unspecified atom stereocenters. The lowest BCUT2D eigenvalue weighted by molar-refractivity contribution is -0.158. The predicted molar refractivity (Wildman–Crippen MR) is 122 cm³/mol. The molecule has 2 amide bonds. The number of ether oxygens (including phenoxy) is 2. The first-order valence-electron chi connectivity index (χ1n) is 11.1. The summed E-state index contributed by atoms with van der Waals surface area (Å²) < 4.78 is 10.9. The molecule has 172 valence electrons. The Hall–Kier alpha value is -3.52. The highest BCUT2D eigenvalue weighted by Gasteiger charge is 2.48. The predicted octanol–water partition coefficient (Wildman–Crippen LogP) is 2.25. The Morgan fingerprint density at radius 2 is 1.88 bits per heavy atom. The molecular weight excluding hydrogens is 422 g/mol. The normalized spacial score (nSPS) is 20.1. The minimum Gasteiger partial charge on any atom is -0.493 e. The van der Waals surface area contributed by atoms with Crippen LogP contribution in [0.3, 0.4) is 0 Å². The molecule has 1 fully saturated rings. The van der Waals surface area contributed by atoms with Gasteiger partial charge < -0.3 is 29.4 Å². The van der Waals surface area contributed by atoms with Gasteiger partial charge in [-0.1, -0.05) is 24.3 Å². The molecule has 8 heteroatoms. The van der Waals surface area contributed by atoms with E-state index in [-0.39, 0.29) is 25.0 Å². The van der Waals surface area contributed by atoms with Gasteiger partial charge in [-0.3, -0.25) is 9.59 Å². The monoisotopic (exact) mass is 449 g/mol. The van der Waals surface area contributed by atoms with Gasteiger partial charge >= 0.3 is 0 Å². The molecule has 1 saturated heterocycles. The van der Waals surface area contributed by atoms with Crippen molar-refractivity contribution in [3.8, 4) is 11.5 Å². The van der Waals surface area contributed by atoms with E-state index in [1.165, 1.54) is 0 Å². The van der Waals surface area contributed by atoms with E-state index in [9.17, 15) is 14.7 Å². The van der Waals surface area contributed by atoms with Crippen LogP contribution in [-0.2, 0) is 16.0 Å². The number of nitrogens with zero attached hydrogens (tertiary/aromatic N) is 2. The molecule has 5 rings (SSSR count). The number of nitrogens with one attached hydrogen (secondary N) is 1. The van der Waals surface area contributed by atoms with Gasteiger partial charge in [0.05, 0.1) is 26.8 Å². The van der Waals surface area contributed by atoms with Crippen molar-refractivity contribution < 1.29 is 24.2 Å². The van der Waals surface area contributed by atoms with Gasteiger partial charge in [-0.15, -0.1) is 0 Å². The Labute approximate surface area is 191 Å². The fourth-order valence-electron chi connectivity index (χ4n) is 5.14. The van der Waals surface area contributed by atoms with E-state index >= 15 is 0 Å². The van der Waals surface area contributed by atoms with Crippen LogP contribution in [-0.4, -0.2) is 71.7 Å². The summed E-state index contributed by atoms with van der Waals surface area (Å²) in [4.78, 5) is 33.7. The number of carbonyl (C=O) groups is 2. The van der Waals surface area contributed by atoms with E-state index < -0.39 is 12.1 Å². The molecule has 0 bridgehead atoms. The SMILES string of the molecule is COc1ccc(C2c3[nH]c4ccccc4c3C[C@@H]3C(=O)N(CCCO)CC(=O)N23)cc1OC. The zero-order valence-electron chi connectivity index (χ0n) is 18.7. The summed E-state index contributed by atoms with van der Waals surface area (Å²) in [5.41, 5.74) is 3.79. The van der Waals surface area contributed by atoms with Gasteiger partial charge in [-0.05, 0) is 35.7 Å². The minimum absolute atomic E-state index is 0.00862. The molecule has 3 heterocycles. The number of aromatic nitrogens is 1. The van der Waals surface area contributed by atoms with Crippen LogP contribution in [0.1, 0.15) is 29.3 Å². The number of rotatable bonds is 6. The highest BCUT2D eigenvalue weighted by atomic mass is 16.5. The van der Waals surface area contributed by atoms with Gasteiger partial charge in [0.25, 0.3) is 0 Å². The molecule has 0 radical (unpaired) electrons. The van der Waals surface area contributed by atoms with Crippen molar-refractivity contribution in [2.75, 3.05) is 33.9 Å². The number of hydrogen-bond donors (Lipinski definition) is 2. The first kappa shape index (κ1) is 21.3. The van der Waals surface area contributed by atoms with Crippen LogP contribution >= 0.6 is 0 Å². The molecule has 2 atom stereocenters. The van der Waals surface area contributed by atoms with Gasteiger partial charge in [0.15, 0.2) is 11.5 Å². The quantitative estimate of drug-likeness (QED) is 0.602. The molecule has 2 aliphatic heterocycles. The molecule has 2 N–H and O–H groups in total. The molecule has 3 aromatic rings. The van der Waals surface area contributed by atoms with Crippen LogP contribution in [0.4, 0.5) is 0 Å². The zero-order chi connectivity index (χ0) is 23.1. The third-order valence-electron chi connectivity index (χ3n) is 6.65. The van der Waals surface area contributed by atoms with Crippen LogP contribution in [0.2, 0.25) is 0 Å². The van der Waals surface area contributed by atoms with E-state index in [2.05, 4.69) is 4.98 Å². The van der Waals surface area contributed by atoms with E-state index in [1.807, 2.05) is 42.5 Å². The fourth-order valence-corrected chi connectivity index (χ4v) is 5.14. The summed E-state index contributed by atoms with van der Waals surface area (Å²) in [7, 11) is 3.16. The van der Waals surface area contributed by atoms with Gasteiger partial charge in [0.2, 0.25) is 11.8 Å². The smallest absolute Gasteiger partial charge is 0.246 e. The number of fused-ring (bicyclic) bond motifs is 4. The third-order valence-corrected chi connectivity index (χ3v) is 6.65. The second-order valence-corrected chi connectivity index (χ2v) is 8.44. The van der Waals surface area contributed by atoms with Gasteiger partial charge in [0.1, 0.15) is 6.04 Å². The molecule has 0 spiro atoms. The number of aromatic amines is 1. The largest absolute Gasteiger partial charge is 0.493 e. The maximum Gasteiger partial charge on any atom is 0.246 e. The van der Waals surface area contributed by atoms with Crippen LogP contribution in [0.25, 0.3) is 10.9 Å². The van der Waals surface area contributed by atoms with E-state index in [4.69, 9.17) is 9.47 Å². The lowest BCUT2D eigenvalue weighted by Crippen LogP contribution is -2.63. The highest BCUT2D eigenvalue weighted by molar-refractivity contribution is 5.97. The fraction of sp³-hybridized carbons (Fsp3) is 0.360. The topological polar surface area (TPSA) is 95.1 Å². The zero-order valence-corrected chi connectivity index (χ0v) is 18.7. The molecule has 33 heavy (non-hydrogen) atoms. The number of hydrogen-bond acceptors (Lipinski definition) is 5. The number of carbonyl (C=O) groups excluding carboxylic acids is 2. The number of methoxy groups -OCH3 is 2. The number of piperazine rings is 1. The molecule has 0 aliphatic carbocycles. The molecule has 1 aromatic heterocycles. The third kappa shape index (κ3) is 3.41. The molecule has 0 saturated carbocycles.